The molecule has 0 saturated heterocycles. The van der Waals surface area contributed by atoms with E-state index in [1.807, 2.05) is 26.2 Å². The fraction of sp³-hybridized carbons (Fsp3) is 0.391. The van der Waals surface area contributed by atoms with Crippen molar-refractivity contribution in [3.8, 4) is 0 Å². The Kier molecular flexibility index (Phi) is 7.99. The molecule has 1 aliphatic rings. The van der Waals surface area contributed by atoms with E-state index in [-0.39, 0.29) is 0 Å². The summed E-state index contributed by atoms with van der Waals surface area (Å²) in [6, 6.07) is 0. The molecule has 0 saturated carbocycles. The first kappa shape index (κ1) is 22.4. The van der Waals surface area contributed by atoms with Crippen molar-refractivity contribution in [1.29, 1.82) is 0 Å². The second-order valence-corrected chi connectivity index (χ2v) is 9.32. The van der Waals surface area contributed by atoms with Gasteiger partial charge in [-0.2, -0.15) is 0 Å². The topological polar surface area (TPSA) is 54.3 Å². The molecule has 0 atom stereocenters. The van der Waals surface area contributed by atoms with E-state index in [9.17, 15) is 0 Å². The van der Waals surface area contributed by atoms with Crippen LogP contribution >= 0.6 is 23.1 Å². The summed E-state index contributed by atoms with van der Waals surface area (Å²) in [6.07, 6.45) is 10.8. The van der Waals surface area contributed by atoms with Crippen LogP contribution in [0.4, 0.5) is 0 Å². The van der Waals surface area contributed by atoms with Gasteiger partial charge in [0.25, 0.3) is 0 Å². The zero-order valence-corrected chi connectivity index (χ0v) is 19.8. The number of hydrogen-bond donors (Lipinski definition) is 0. The summed E-state index contributed by atoms with van der Waals surface area (Å²) in [4.78, 5) is 20.7. The Labute approximate surface area is 187 Å². The lowest BCUT2D eigenvalue weighted by Crippen LogP contribution is -2.29. The van der Waals surface area contributed by atoms with Crippen molar-refractivity contribution in [3.05, 3.63) is 75.6 Å². The van der Waals surface area contributed by atoms with E-state index in [1.165, 1.54) is 5.57 Å². The molecule has 0 fully saturated rings. The highest BCUT2D eigenvalue weighted by Gasteiger charge is 2.20. The molecule has 3 rings (SSSR count). The third-order valence-corrected chi connectivity index (χ3v) is 6.27. The fourth-order valence-electron chi connectivity index (χ4n) is 3.06. The second kappa shape index (κ2) is 10.7. The van der Waals surface area contributed by atoms with E-state index in [1.54, 1.807) is 23.1 Å². The van der Waals surface area contributed by atoms with Crippen molar-refractivity contribution in [2.45, 2.75) is 52.7 Å². The summed E-state index contributed by atoms with van der Waals surface area (Å²) in [6.45, 7) is 13.2. The smallest absolute Gasteiger partial charge is 0.169 e. The summed E-state index contributed by atoms with van der Waals surface area (Å²) in [5.74, 6) is 1.68. The minimum atomic E-state index is 0.746. The zero-order chi connectivity index (χ0) is 21.5. The Bertz CT molecular complexity index is 970. The Morgan fingerprint density at radius 1 is 1.27 bits per heavy atom. The van der Waals surface area contributed by atoms with Crippen molar-refractivity contribution in [2.75, 3.05) is 6.54 Å². The van der Waals surface area contributed by atoms with Gasteiger partial charge in [0.2, 0.25) is 0 Å². The van der Waals surface area contributed by atoms with Crippen LogP contribution in [-0.4, -0.2) is 31.6 Å². The number of thiazole rings is 1. The van der Waals surface area contributed by atoms with Crippen LogP contribution in [-0.2, 0) is 18.6 Å². The van der Waals surface area contributed by atoms with E-state index in [2.05, 4.69) is 57.9 Å². The number of hydrogen-bond acceptors (Lipinski definition) is 7. The molecule has 5 nitrogen and oxygen atoms in total. The van der Waals surface area contributed by atoms with Crippen molar-refractivity contribution < 1.29 is 0 Å². The van der Waals surface area contributed by atoms with Crippen LogP contribution in [0, 0.1) is 6.92 Å². The summed E-state index contributed by atoms with van der Waals surface area (Å²) in [5.41, 5.74) is 5.51. The molecule has 0 radical (unpaired) electrons. The van der Waals surface area contributed by atoms with Crippen molar-refractivity contribution in [1.82, 2.24) is 19.9 Å². The molecule has 0 unspecified atom stereocenters. The molecule has 0 N–H and O–H groups in total. The largest absolute Gasteiger partial charge is 0.323 e. The third kappa shape index (κ3) is 6.12. The van der Waals surface area contributed by atoms with Crippen LogP contribution in [0.15, 0.2) is 58.5 Å². The lowest BCUT2D eigenvalue weighted by molar-refractivity contribution is 0.600. The van der Waals surface area contributed by atoms with E-state index < -0.39 is 0 Å². The third-order valence-electron chi connectivity index (χ3n) is 4.43. The summed E-state index contributed by atoms with van der Waals surface area (Å²) in [5, 5.41) is 4.21. The van der Waals surface area contributed by atoms with Crippen LogP contribution in [0.1, 0.15) is 49.3 Å². The van der Waals surface area contributed by atoms with E-state index in [0.717, 1.165) is 70.1 Å². The van der Waals surface area contributed by atoms with Gasteiger partial charge in [-0.15, -0.1) is 11.3 Å². The molecule has 0 spiro atoms. The first-order valence-corrected chi connectivity index (χ1v) is 12.1. The number of allylic oxidation sites excluding steroid dienone is 2. The number of thioether (sulfide) groups is 1. The van der Waals surface area contributed by atoms with E-state index >= 15 is 0 Å². The molecule has 30 heavy (non-hydrogen) atoms. The van der Waals surface area contributed by atoms with Crippen LogP contribution in [0.2, 0.25) is 0 Å². The Balaban J connectivity index is 1.83. The van der Waals surface area contributed by atoms with Gasteiger partial charge in [-0.25, -0.2) is 19.9 Å². The Hall–Kier alpha value is -2.25. The van der Waals surface area contributed by atoms with Gasteiger partial charge >= 0.3 is 0 Å². The normalized spacial score (nSPS) is 15.3. The highest BCUT2D eigenvalue weighted by atomic mass is 32.2. The predicted octanol–water partition coefficient (Wildman–Crippen LogP) is 5.71. The van der Waals surface area contributed by atoms with Gasteiger partial charge in [0.1, 0.15) is 5.82 Å². The summed E-state index contributed by atoms with van der Waals surface area (Å²) >= 11 is 3.41. The summed E-state index contributed by atoms with van der Waals surface area (Å²) in [7, 11) is 0. The molecular formula is C23H29N5S2. The van der Waals surface area contributed by atoms with Gasteiger partial charge in [0.05, 0.1) is 16.4 Å². The molecule has 7 heteroatoms. The molecule has 2 aromatic heterocycles. The molecular weight excluding hydrogens is 410 g/mol. The Morgan fingerprint density at radius 3 is 2.63 bits per heavy atom. The van der Waals surface area contributed by atoms with E-state index in [0.29, 0.717) is 0 Å². The maximum Gasteiger partial charge on any atom is 0.169 e. The van der Waals surface area contributed by atoms with Gasteiger partial charge in [-0.3, -0.25) is 0 Å². The number of aliphatic imine (C=N–C) groups is 1. The van der Waals surface area contributed by atoms with Crippen molar-refractivity contribution in [3.63, 3.8) is 0 Å². The van der Waals surface area contributed by atoms with Gasteiger partial charge in [-0.1, -0.05) is 43.8 Å². The molecule has 2 aromatic rings. The SMILES string of the molecule is C=C(C)CN1C=C(Cc2cnc(CC)nc2)C(=CCC)N=C1SCc1csc(C)n1. The average Bonchev–Trinajstić information content (AvgIpc) is 3.14. The lowest BCUT2D eigenvalue weighted by Gasteiger charge is -2.28. The molecule has 158 valence electrons. The lowest BCUT2D eigenvalue weighted by atomic mass is 10.0. The quantitative estimate of drug-likeness (QED) is 0.494. The second-order valence-electron chi connectivity index (χ2n) is 7.32. The highest BCUT2D eigenvalue weighted by Crippen LogP contribution is 2.29. The van der Waals surface area contributed by atoms with Gasteiger partial charge in [0, 0.05) is 49.1 Å². The maximum absolute atomic E-state index is 5.03. The number of rotatable bonds is 8. The fourth-order valence-corrected chi connectivity index (χ4v) is 4.65. The van der Waals surface area contributed by atoms with Crippen LogP contribution in [0.25, 0.3) is 0 Å². The molecule has 0 aliphatic carbocycles. The number of aryl methyl sites for hydroxylation is 2. The summed E-state index contributed by atoms with van der Waals surface area (Å²) < 4.78 is 0. The zero-order valence-electron chi connectivity index (χ0n) is 18.2. The molecule has 1 aliphatic heterocycles. The average molecular weight is 440 g/mol. The van der Waals surface area contributed by atoms with Gasteiger partial charge in [0.15, 0.2) is 5.17 Å². The maximum atomic E-state index is 5.03. The van der Waals surface area contributed by atoms with Crippen LogP contribution < -0.4 is 0 Å². The van der Waals surface area contributed by atoms with Crippen LogP contribution in [0.3, 0.4) is 0 Å². The number of nitrogens with zero attached hydrogens (tertiary/aromatic N) is 5. The van der Waals surface area contributed by atoms with Crippen molar-refractivity contribution in [2.24, 2.45) is 4.99 Å². The predicted molar refractivity (Wildman–Crippen MR) is 129 cm³/mol. The first-order chi connectivity index (χ1) is 14.5. The monoisotopic (exact) mass is 439 g/mol. The number of amidine groups is 1. The Morgan fingerprint density at radius 2 is 2.03 bits per heavy atom. The standard InChI is InChI=1S/C23H29N5S2/c1-6-8-21-19(9-18-10-24-22(7-2)25-11-18)13-28(12-16(3)4)23(27-21)30-15-20-14-29-17(5)26-20/h8,10-11,13-14H,3,6-7,9,12,15H2,1-2,4-5H3. The highest BCUT2D eigenvalue weighted by molar-refractivity contribution is 8.13. The number of aromatic nitrogens is 3. The molecule has 3 heterocycles. The molecule has 0 amide bonds. The minimum Gasteiger partial charge on any atom is -0.323 e. The molecule has 0 aromatic carbocycles. The van der Waals surface area contributed by atoms with Gasteiger partial charge < -0.3 is 4.90 Å². The van der Waals surface area contributed by atoms with E-state index in [4.69, 9.17) is 4.99 Å². The minimum absolute atomic E-state index is 0.746. The molecule has 0 bridgehead atoms. The van der Waals surface area contributed by atoms with Crippen LogP contribution in [0.5, 0.6) is 0 Å². The first-order valence-electron chi connectivity index (χ1n) is 10.2. The van der Waals surface area contributed by atoms with Crippen molar-refractivity contribution >= 4 is 28.3 Å². The van der Waals surface area contributed by atoms with Gasteiger partial charge in [-0.05, 0) is 31.4 Å².